The van der Waals surface area contributed by atoms with Gasteiger partial charge in [-0.05, 0) is 42.5 Å². The molecule has 1 aromatic carbocycles. The molecule has 21 heavy (non-hydrogen) atoms. The Kier molecular flexibility index (Phi) is 4.90. The quantitative estimate of drug-likeness (QED) is 0.653. The molecule has 116 valence electrons. The normalized spacial score (nSPS) is 20.6. The monoisotopic (exact) mass is 305 g/mol. The minimum absolute atomic E-state index is 0.0101. The van der Waals surface area contributed by atoms with E-state index >= 15 is 0 Å². The van der Waals surface area contributed by atoms with Crippen molar-refractivity contribution in [2.24, 2.45) is 5.92 Å². The van der Waals surface area contributed by atoms with Crippen LogP contribution in [0.4, 0.5) is 17.6 Å². The lowest BCUT2D eigenvalue weighted by atomic mass is 9.76. The molecule has 0 saturated carbocycles. The Bertz CT molecular complexity index is 496. The van der Waals surface area contributed by atoms with Gasteiger partial charge in [0.2, 0.25) is 0 Å². The van der Waals surface area contributed by atoms with E-state index in [1.807, 2.05) is 0 Å². The summed E-state index contributed by atoms with van der Waals surface area (Å²) in [5.41, 5.74) is 0.415. The first-order valence-electron chi connectivity index (χ1n) is 6.71. The fourth-order valence-electron chi connectivity index (χ4n) is 2.66. The second-order valence-electron chi connectivity index (χ2n) is 5.33. The molecular formula is C13H16BF4NO2. The first kappa shape index (κ1) is 16.3. The second kappa shape index (κ2) is 6.33. The van der Waals surface area contributed by atoms with Crippen molar-refractivity contribution in [3.63, 3.8) is 0 Å². The van der Waals surface area contributed by atoms with E-state index in [1.54, 1.807) is 4.90 Å². The third-order valence-corrected chi connectivity index (χ3v) is 3.75. The van der Waals surface area contributed by atoms with Crippen LogP contribution in [-0.2, 0) is 6.54 Å². The van der Waals surface area contributed by atoms with Gasteiger partial charge in [-0.3, -0.25) is 4.90 Å². The number of benzene rings is 1. The van der Waals surface area contributed by atoms with Gasteiger partial charge in [0.1, 0.15) is 5.82 Å². The molecule has 0 bridgehead atoms. The highest BCUT2D eigenvalue weighted by molar-refractivity contribution is 6.59. The van der Waals surface area contributed by atoms with Crippen molar-refractivity contribution in [2.45, 2.75) is 25.6 Å². The predicted octanol–water partition coefficient (Wildman–Crippen LogP) is 1.28. The summed E-state index contributed by atoms with van der Waals surface area (Å²) in [7, 11) is -1.85. The maximum absolute atomic E-state index is 13.1. The summed E-state index contributed by atoms with van der Waals surface area (Å²) in [6.45, 7) is 0.520. The van der Waals surface area contributed by atoms with Crippen LogP contribution >= 0.6 is 0 Å². The molecule has 0 aromatic heterocycles. The molecule has 2 N–H and O–H groups in total. The largest absolute Gasteiger partial charge is 0.488 e. The van der Waals surface area contributed by atoms with Crippen molar-refractivity contribution in [3.05, 3.63) is 29.6 Å². The molecule has 1 fully saturated rings. The fraction of sp³-hybridized carbons (Fsp3) is 0.538. The minimum atomic E-state index is -4.22. The summed E-state index contributed by atoms with van der Waals surface area (Å²) in [5, 5.41) is 18.5. The van der Waals surface area contributed by atoms with E-state index in [-0.39, 0.29) is 25.0 Å². The van der Waals surface area contributed by atoms with Crippen molar-refractivity contribution in [1.29, 1.82) is 0 Å². The Morgan fingerprint density at radius 1 is 1.29 bits per heavy atom. The molecule has 1 heterocycles. The Morgan fingerprint density at radius 3 is 2.62 bits per heavy atom. The average Bonchev–Trinajstić information content (AvgIpc) is 2.40. The molecular weight excluding hydrogens is 289 g/mol. The number of hydrogen-bond donors (Lipinski definition) is 2. The van der Waals surface area contributed by atoms with Crippen LogP contribution in [0.5, 0.6) is 0 Å². The molecule has 2 rings (SSSR count). The molecule has 8 heteroatoms. The third kappa shape index (κ3) is 4.18. The summed E-state index contributed by atoms with van der Waals surface area (Å²) >= 11 is 0. The van der Waals surface area contributed by atoms with Crippen molar-refractivity contribution in [2.75, 3.05) is 13.1 Å². The van der Waals surface area contributed by atoms with Crippen molar-refractivity contribution in [3.8, 4) is 0 Å². The Balaban J connectivity index is 2.11. The zero-order valence-corrected chi connectivity index (χ0v) is 11.3. The topological polar surface area (TPSA) is 43.7 Å². The fourth-order valence-corrected chi connectivity index (χ4v) is 2.66. The van der Waals surface area contributed by atoms with E-state index < -0.39 is 25.0 Å². The molecule has 1 saturated heterocycles. The number of nitrogens with zero attached hydrogens (tertiary/aromatic N) is 1. The summed E-state index contributed by atoms with van der Waals surface area (Å²) in [6, 6.07) is 3.53. The third-order valence-electron chi connectivity index (χ3n) is 3.75. The predicted molar refractivity (Wildman–Crippen MR) is 70.3 cm³/mol. The van der Waals surface area contributed by atoms with E-state index in [2.05, 4.69) is 0 Å². The van der Waals surface area contributed by atoms with Gasteiger partial charge >= 0.3 is 13.3 Å². The van der Waals surface area contributed by atoms with Crippen molar-refractivity contribution >= 4 is 12.6 Å². The first-order chi connectivity index (χ1) is 9.77. The lowest BCUT2D eigenvalue weighted by Gasteiger charge is -2.34. The van der Waals surface area contributed by atoms with Gasteiger partial charge in [0.05, 0.1) is 5.92 Å². The molecule has 1 aliphatic rings. The van der Waals surface area contributed by atoms with Crippen molar-refractivity contribution < 1.29 is 27.6 Å². The highest BCUT2D eigenvalue weighted by Gasteiger charge is 2.41. The highest BCUT2D eigenvalue weighted by atomic mass is 19.4. The van der Waals surface area contributed by atoms with Crippen LogP contribution in [-0.4, -0.2) is 41.3 Å². The maximum Gasteiger partial charge on any atom is 0.488 e. The molecule has 1 atom stereocenters. The van der Waals surface area contributed by atoms with E-state index in [1.165, 1.54) is 6.07 Å². The molecule has 0 radical (unpaired) electrons. The summed E-state index contributed by atoms with van der Waals surface area (Å²) in [6.07, 6.45) is -3.68. The van der Waals surface area contributed by atoms with Gasteiger partial charge in [-0.2, -0.15) is 13.2 Å². The molecule has 1 aliphatic heterocycles. The second-order valence-corrected chi connectivity index (χ2v) is 5.33. The summed E-state index contributed by atoms with van der Waals surface area (Å²) in [4.78, 5) is 1.61. The number of rotatable bonds is 3. The molecule has 1 aromatic rings. The zero-order valence-electron chi connectivity index (χ0n) is 11.3. The van der Waals surface area contributed by atoms with Gasteiger partial charge in [-0.25, -0.2) is 4.39 Å². The van der Waals surface area contributed by atoms with Crippen LogP contribution in [0.1, 0.15) is 18.4 Å². The lowest BCUT2D eigenvalue weighted by molar-refractivity contribution is -0.187. The Labute approximate surface area is 120 Å². The number of likely N-dealkylation sites (tertiary alicyclic amines) is 1. The number of alkyl halides is 3. The summed E-state index contributed by atoms with van der Waals surface area (Å²) in [5.74, 6) is -1.98. The number of halogens is 4. The Hall–Kier alpha value is -1.12. The molecule has 0 spiro atoms. The molecule has 3 nitrogen and oxygen atoms in total. The number of piperidine rings is 1. The standard InChI is InChI=1S/C13H16BF4NO2/c15-11-4-3-9(12(6-11)14(20)21)7-19-5-1-2-10(8-19)13(16,17)18/h3-4,6,10,20-21H,1-2,5,7-8H2. The number of hydrogen-bond acceptors (Lipinski definition) is 3. The lowest BCUT2D eigenvalue weighted by Crippen LogP contribution is -2.43. The molecule has 0 aliphatic carbocycles. The van der Waals surface area contributed by atoms with Crippen LogP contribution in [0.2, 0.25) is 0 Å². The smallest absolute Gasteiger partial charge is 0.423 e. The van der Waals surface area contributed by atoms with Gasteiger partial charge in [0.25, 0.3) is 0 Å². The van der Waals surface area contributed by atoms with Crippen LogP contribution in [0, 0.1) is 11.7 Å². The SMILES string of the molecule is OB(O)c1cc(F)ccc1CN1CCCC(C(F)(F)F)C1. The van der Waals surface area contributed by atoms with Crippen LogP contribution in [0.3, 0.4) is 0 Å². The van der Waals surface area contributed by atoms with Crippen LogP contribution in [0.25, 0.3) is 0 Å². The minimum Gasteiger partial charge on any atom is -0.423 e. The summed E-state index contributed by atoms with van der Waals surface area (Å²) < 4.78 is 51.4. The van der Waals surface area contributed by atoms with Gasteiger partial charge in [-0.15, -0.1) is 0 Å². The van der Waals surface area contributed by atoms with E-state index in [9.17, 15) is 27.6 Å². The van der Waals surface area contributed by atoms with E-state index in [4.69, 9.17) is 0 Å². The molecule has 0 amide bonds. The zero-order chi connectivity index (χ0) is 15.6. The molecule has 1 unspecified atom stereocenters. The van der Waals surface area contributed by atoms with Crippen molar-refractivity contribution in [1.82, 2.24) is 4.90 Å². The highest BCUT2D eigenvalue weighted by Crippen LogP contribution is 2.33. The van der Waals surface area contributed by atoms with Gasteiger partial charge in [0.15, 0.2) is 0 Å². The Morgan fingerprint density at radius 2 is 2.00 bits per heavy atom. The maximum atomic E-state index is 13.1. The van der Waals surface area contributed by atoms with E-state index in [0.29, 0.717) is 18.5 Å². The van der Waals surface area contributed by atoms with Gasteiger partial charge < -0.3 is 10.0 Å². The van der Waals surface area contributed by atoms with Gasteiger partial charge in [0, 0.05) is 13.1 Å². The van der Waals surface area contributed by atoms with E-state index in [0.717, 1.165) is 12.1 Å². The first-order valence-corrected chi connectivity index (χ1v) is 6.71. The van der Waals surface area contributed by atoms with Crippen LogP contribution < -0.4 is 5.46 Å². The van der Waals surface area contributed by atoms with Gasteiger partial charge in [-0.1, -0.05) is 6.07 Å². The van der Waals surface area contributed by atoms with Crippen LogP contribution in [0.15, 0.2) is 18.2 Å². The average molecular weight is 305 g/mol.